The number of rotatable bonds is 3. The van der Waals surface area contributed by atoms with Crippen LogP contribution in [0.4, 0.5) is 0 Å². The van der Waals surface area contributed by atoms with Gasteiger partial charge >= 0.3 is 0 Å². The lowest BCUT2D eigenvalue weighted by Gasteiger charge is -2.06. The highest BCUT2D eigenvalue weighted by atomic mass is 79.9. The Morgan fingerprint density at radius 1 is 1.10 bits per heavy atom. The van der Waals surface area contributed by atoms with Gasteiger partial charge in [-0.3, -0.25) is 4.79 Å². The van der Waals surface area contributed by atoms with Crippen molar-refractivity contribution in [3.05, 3.63) is 58.1 Å². The minimum absolute atomic E-state index is 0.133. The predicted octanol–water partition coefficient (Wildman–Crippen LogP) is 3.11. The van der Waals surface area contributed by atoms with Crippen molar-refractivity contribution in [2.75, 3.05) is 6.79 Å². The summed E-state index contributed by atoms with van der Waals surface area (Å²) in [5, 5.41) is 2.88. The Labute approximate surface area is 124 Å². The number of fused-ring (bicyclic) bond motifs is 1. The minimum atomic E-state index is -0.133. The Morgan fingerprint density at radius 2 is 1.85 bits per heavy atom. The number of benzene rings is 2. The lowest BCUT2D eigenvalue weighted by atomic mass is 10.1. The van der Waals surface area contributed by atoms with Gasteiger partial charge in [0.1, 0.15) is 0 Å². The zero-order valence-electron chi connectivity index (χ0n) is 10.6. The molecule has 1 aliphatic heterocycles. The van der Waals surface area contributed by atoms with Gasteiger partial charge in [-0.05, 0) is 35.9 Å². The summed E-state index contributed by atoms with van der Waals surface area (Å²) < 4.78 is 11.5. The second kappa shape index (κ2) is 5.54. The molecule has 1 heterocycles. The topological polar surface area (TPSA) is 47.6 Å². The summed E-state index contributed by atoms with van der Waals surface area (Å²) in [5.41, 5.74) is 1.61. The van der Waals surface area contributed by atoms with Gasteiger partial charge in [-0.2, -0.15) is 0 Å². The molecule has 20 heavy (non-hydrogen) atoms. The van der Waals surface area contributed by atoms with E-state index >= 15 is 0 Å². The highest BCUT2D eigenvalue weighted by Gasteiger charge is 2.15. The van der Waals surface area contributed by atoms with Crippen LogP contribution >= 0.6 is 15.9 Å². The van der Waals surface area contributed by atoms with Gasteiger partial charge in [0, 0.05) is 16.6 Å². The van der Waals surface area contributed by atoms with Crippen LogP contribution in [-0.2, 0) is 6.54 Å². The van der Waals surface area contributed by atoms with Crippen LogP contribution in [0.2, 0.25) is 0 Å². The molecule has 5 heteroatoms. The quantitative estimate of drug-likeness (QED) is 0.938. The molecule has 0 atom stereocenters. The molecule has 0 spiro atoms. The maximum absolute atomic E-state index is 12.1. The summed E-state index contributed by atoms with van der Waals surface area (Å²) in [6.07, 6.45) is 0. The van der Waals surface area contributed by atoms with Crippen LogP contribution in [0, 0.1) is 0 Å². The van der Waals surface area contributed by atoms with E-state index in [2.05, 4.69) is 21.2 Å². The van der Waals surface area contributed by atoms with Crippen LogP contribution in [0.3, 0.4) is 0 Å². The third kappa shape index (κ3) is 2.77. The second-order valence-corrected chi connectivity index (χ2v) is 5.29. The molecule has 0 saturated carbocycles. The predicted molar refractivity (Wildman–Crippen MR) is 77.9 cm³/mol. The molecule has 0 saturated heterocycles. The molecule has 2 aromatic carbocycles. The smallest absolute Gasteiger partial charge is 0.251 e. The van der Waals surface area contributed by atoms with Gasteiger partial charge in [-0.1, -0.05) is 28.1 Å². The number of hydrogen-bond donors (Lipinski definition) is 1. The number of carbonyl (C=O) groups excluding carboxylic acids is 1. The largest absolute Gasteiger partial charge is 0.454 e. The van der Waals surface area contributed by atoms with E-state index in [0.29, 0.717) is 23.6 Å². The molecule has 1 amide bonds. The van der Waals surface area contributed by atoms with Gasteiger partial charge in [-0.15, -0.1) is 0 Å². The maximum atomic E-state index is 12.1. The van der Waals surface area contributed by atoms with E-state index in [0.717, 1.165) is 10.0 Å². The SMILES string of the molecule is O=C(NCc1ccc(Br)cc1)c1ccc2c(c1)OCO2. The number of hydrogen-bond acceptors (Lipinski definition) is 3. The van der Waals surface area contributed by atoms with Crippen LogP contribution < -0.4 is 14.8 Å². The standard InChI is InChI=1S/C15H12BrNO3/c16-12-4-1-10(2-5-12)8-17-15(18)11-3-6-13-14(7-11)20-9-19-13/h1-7H,8-9H2,(H,17,18). The number of ether oxygens (including phenoxy) is 2. The van der Waals surface area contributed by atoms with E-state index in [-0.39, 0.29) is 12.7 Å². The van der Waals surface area contributed by atoms with Gasteiger partial charge in [-0.25, -0.2) is 0 Å². The molecule has 0 fully saturated rings. The summed E-state index contributed by atoms with van der Waals surface area (Å²) >= 11 is 3.38. The normalized spacial score (nSPS) is 12.2. The summed E-state index contributed by atoms with van der Waals surface area (Å²) in [6.45, 7) is 0.694. The average molecular weight is 334 g/mol. The summed E-state index contributed by atoms with van der Waals surface area (Å²) in [5.74, 6) is 1.15. The molecule has 2 aromatic rings. The minimum Gasteiger partial charge on any atom is -0.454 e. The van der Waals surface area contributed by atoms with Crippen molar-refractivity contribution in [2.45, 2.75) is 6.54 Å². The highest BCUT2D eigenvalue weighted by molar-refractivity contribution is 9.10. The van der Waals surface area contributed by atoms with E-state index in [1.165, 1.54) is 0 Å². The van der Waals surface area contributed by atoms with Gasteiger partial charge in [0.05, 0.1) is 0 Å². The summed E-state index contributed by atoms with van der Waals surface area (Å²) in [4.78, 5) is 12.1. The first kappa shape index (κ1) is 13.0. The lowest BCUT2D eigenvalue weighted by molar-refractivity contribution is 0.0950. The maximum Gasteiger partial charge on any atom is 0.251 e. The lowest BCUT2D eigenvalue weighted by Crippen LogP contribution is -2.22. The zero-order valence-corrected chi connectivity index (χ0v) is 12.1. The molecule has 1 N–H and O–H groups in total. The summed E-state index contributed by atoms with van der Waals surface area (Å²) in [6, 6.07) is 13.0. The molecule has 0 unspecified atom stereocenters. The third-order valence-electron chi connectivity index (χ3n) is 3.00. The Hall–Kier alpha value is -2.01. The molecular weight excluding hydrogens is 322 g/mol. The average Bonchev–Trinajstić information content (AvgIpc) is 2.93. The van der Waals surface area contributed by atoms with Crippen molar-refractivity contribution in [2.24, 2.45) is 0 Å². The van der Waals surface area contributed by atoms with Gasteiger partial charge < -0.3 is 14.8 Å². The van der Waals surface area contributed by atoms with Crippen LogP contribution in [0.15, 0.2) is 46.9 Å². The molecule has 3 rings (SSSR count). The molecule has 4 nitrogen and oxygen atoms in total. The van der Waals surface area contributed by atoms with Crippen LogP contribution in [0.1, 0.15) is 15.9 Å². The molecule has 102 valence electrons. The van der Waals surface area contributed by atoms with Crippen molar-refractivity contribution >= 4 is 21.8 Å². The van der Waals surface area contributed by atoms with Crippen LogP contribution in [0.25, 0.3) is 0 Å². The molecule has 0 bridgehead atoms. The first-order valence-electron chi connectivity index (χ1n) is 6.15. The van der Waals surface area contributed by atoms with Crippen molar-refractivity contribution in [3.8, 4) is 11.5 Å². The monoisotopic (exact) mass is 333 g/mol. The van der Waals surface area contributed by atoms with Gasteiger partial charge in [0.2, 0.25) is 6.79 Å². The van der Waals surface area contributed by atoms with E-state index in [9.17, 15) is 4.79 Å². The number of amides is 1. The highest BCUT2D eigenvalue weighted by Crippen LogP contribution is 2.32. The van der Waals surface area contributed by atoms with E-state index in [4.69, 9.17) is 9.47 Å². The Kier molecular flexibility index (Phi) is 3.60. The first-order valence-corrected chi connectivity index (χ1v) is 6.94. The number of carbonyl (C=O) groups is 1. The number of nitrogens with one attached hydrogen (secondary N) is 1. The number of halogens is 1. The second-order valence-electron chi connectivity index (χ2n) is 4.38. The molecule has 1 aliphatic rings. The van der Waals surface area contributed by atoms with Crippen molar-refractivity contribution in [3.63, 3.8) is 0 Å². The Bertz CT molecular complexity index is 640. The Morgan fingerprint density at radius 3 is 2.65 bits per heavy atom. The van der Waals surface area contributed by atoms with E-state index < -0.39 is 0 Å². The van der Waals surface area contributed by atoms with Crippen molar-refractivity contribution in [1.29, 1.82) is 0 Å². The fourth-order valence-electron chi connectivity index (χ4n) is 1.92. The molecule has 0 aromatic heterocycles. The Balaban J connectivity index is 1.66. The van der Waals surface area contributed by atoms with E-state index in [1.807, 2.05) is 24.3 Å². The first-order chi connectivity index (χ1) is 9.72. The van der Waals surface area contributed by atoms with Crippen molar-refractivity contribution in [1.82, 2.24) is 5.32 Å². The molecule has 0 aliphatic carbocycles. The van der Waals surface area contributed by atoms with Crippen LogP contribution in [0.5, 0.6) is 11.5 Å². The molecule has 0 radical (unpaired) electrons. The third-order valence-corrected chi connectivity index (χ3v) is 3.53. The van der Waals surface area contributed by atoms with Crippen molar-refractivity contribution < 1.29 is 14.3 Å². The van der Waals surface area contributed by atoms with Crippen LogP contribution in [-0.4, -0.2) is 12.7 Å². The molecular formula is C15H12BrNO3. The fraction of sp³-hybridized carbons (Fsp3) is 0.133. The van der Waals surface area contributed by atoms with E-state index in [1.54, 1.807) is 18.2 Å². The fourth-order valence-corrected chi connectivity index (χ4v) is 2.19. The summed E-state index contributed by atoms with van der Waals surface area (Å²) in [7, 11) is 0. The zero-order chi connectivity index (χ0) is 13.9. The van der Waals surface area contributed by atoms with Gasteiger partial charge in [0.25, 0.3) is 5.91 Å². The van der Waals surface area contributed by atoms with Gasteiger partial charge in [0.15, 0.2) is 11.5 Å².